The summed E-state index contributed by atoms with van der Waals surface area (Å²) >= 11 is 0. The Kier molecular flexibility index (Phi) is 5.71. The lowest BCUT2D eigenvalue weighted by Gasteiger charge is -2.21. The number of benzene rings is 1. The molecule has 3 rings (SSSR count). The third-order valence-electron chi connectivity index (χ3n) is 4.97. The number of H-pyrrole nitrogens is 1. The zero-order valence-corrected chi connectivity index (χ0v) is 15.7. The molecule has 2 atom stereocenters. The zero-order valence-electron chi connectivity index (χ0n) is 15.7. The van der Waals surface area contributed by atoms with Crippen LogP contribution >= 0.6 is 0 Å². The average molecular weight is 350 g/mol. The maximum absolute atomic E-state index is 12.2. The van der Waals surface area contributed by atoms with E-state index in [0.29, 0.717) is 0 Å². The predicted octanol–water partition coefficient (Wildman–Crippen LogP) is 5.18. The minimum absolute atomic E-state index is 0.0686. The molecule has 136 valence electrons. The molecule has 0 amide bonds. The fourth-order valence-electron chi connectivity index (χ4n) is 3.43. The fourth-order valence-corrected chi connectivity index (χ4v) is 3.43. The minimum atomic E-state index is -0.0703. The lowest BCUT2D eigenvalue weighted by molar-refractivity contribution is -0.118. The maximum atomic E-state index is 12.2. The van der Waals surface area contributed by atoms with E-state index >= 15 is 0 Å². The summed E-state index contributed by atoms with van der Waals surface area (Å²) in [5.74, 6) is 0.919. The number of nitrogens with one attached hydrogen (secondary N) is 1. The van der Waals surface area contributed by atoms with E-state index in [1.54, 1.807) is 13.1 Å². The smallest absolute Gasteiger partial charge is 0.138 e. The molecule has 4 heteroatoms. The van der Waals surface area contributed by atoms with E-state index in [1.807, 2.05) is 30.5 Å². The highest BCUT2D eigenvalue weighted by Gasteiger charge is 2.21. The van der Waals surface area contributed by atoms with Crippen molar-refractivity contribution in [1.29, 1.82) is 0 Å². The second-order valence-corrected chi connectivity index (χ2v) is 6.83. The molecule has 2 aromatic heterocycles. The van der Waals surface area contributed by atoms with Crippen molar-refractivity contribution in [1.82, 2.24) is 9.97 Å². The monoisotopic (exact) mass is 350 g/mol. The van der Waals surface area contributed by atoms with Gasteiger partial charge in [-0.25, -0.2) is 4.98 Å². The van der Waals surface area contributed by atoms with Gasteiger partial charge in [-0.1, -0.05) is 31.2 Å². The molecular weight excluding hydrogens is 324 g/mol. The van der Waals surface area contributed by atoms with E-state index in [9.17, 15) is 4.79 Å². The highest BCUT2D eigenvalue weighted by molar-refractivity contribution is 5.83. The number of fused-ring (bicyclic) bond motifs is 1. The SMILES string of the molecule is CCC(CCC(C(C)=O)c1ccccc1C)Oc1cnc2[nH]ccc2c1. The maximum Gasteiger partial charge on any atom is 0.138 e. The van der Waals surface area contributed by atoms with Crippen LogP contribution in [0.1, 0.15) is 50.2 Å². The van der Waals surface area contributed by atoms with Crippen molar-refractivity contribution in [3.63, 3.8) is 0 Å². The molecule has 3 aromatic rings. The normalized spacial score (nSPS) is 13.5. The van der Waals surface area contributed by atoms with E-state index in [0.717, 1.165) is 41.6 Å². The summed E-state index contributed by atoms with van der Waals surface area (Å²) in [6.45, 7) is 5.86. The molecule has 4 nitrogen and oxygen atoms in total. The van der Waals surface area contributed by atoms with Crippen LogP contribution in [0.25, 0.3) is 11.0 Å². The number of pyridine rings is 1. The molecule has 2 unspecified atom stereocenters. The summed E-state index contributed by atoms with van der Waals surface area (Å²) in [5.41, 5.74) is 3.16. The molecule has 0 saturated heterocycles. The largest absolute Gasteiger partial charge is 0.489 e. The number of hydrogen-bond donors (Lipinski definition) is 1. The Morgan fingerprint density at radius 1 is 1.23 bits per heavy atom. The van der Waals surface area contributed by atoms with Gasteiger partial charge in [0.25, 0.3) is 0 Å². The second kappa shape index (κ2) is 8.17. The Hall–Kier alpha value is -2.62. The number of hydrogen-bond acceptors (Lipinski definition) is 3. The van der Waals surface area contributed by atoms with E-state index in [4.69, 9.17) is 4.74 Å². The molecule has 0 bridgehead atoms. The van der Waals surface area contributed by atoms with Gasteiger partial charge < -0.3 is 9.72 Å². The number of aryl methyl sites for hydroxylation is 1. The minimum Gasteiger partial charge on any atom is -0.489 e. The lowest BCUT2D eigenvalue weighted by Crippen LogP contribution is -2.19. The Morgan fingerprint density at radius 2 is 2.04 bits per heavy atom. The third-order valence-corrected chi connectivity index (χ3v) is 4.97. The third kappa shape index (κ3) is 4.13. The van der Waals surface area contributed by atoms with Crippen LogP contribution < -0.4 is 4.74 Å². The van der Waals surface area contributed by atoms with Crippen molar-refractivity contribution < 1.29 is 9.53 Å². The Labute approximate surface area is 154 Å². The van der Waals surface area contributed by atoms with Gasteiger partial charge in [0.1, 0.15) is 17.2 Å². The molecule has 0 spiro atoms. The second-order valence-electron chi connectivity index (χ2n) is 6.83. The van der Waals surface area contributed by atoms with Gasteiger partial charge >= 0.3 is 0 Å². The van der Waals surface area contributed by atoms with Crippen LogP contribution in [0.15, 0.2) is 48.8 Å². The van der Waals surface area contributed by atoms with Crippen LogP contribution in [-0.2, 0) is 4.79 Å². The summed E-state index contributed by atoms with van der Waals surface area (Å²) < 4.78 is 6.15. The fraction of sp³-hybridized carbons (Fsp3) is 0.364. The molecule has 0 aliphatic heterocycles. The first-order valence-corrected chi connectivity index (χ1v) is 9.24. The van der Waals surface area contributed by atoms with Gasteiger partial charge in [-0.15, -0.1) is 0 Å². The molecule has 1 aromatic carbocycles. The van der Waals surface area contributed by atoms with Crippen molar-refractivity contribution in [2.75, 3.05) is 0 Å². The molecule has 0 aliphatic rings. The standard InChI is InChI=1S/C22H26N2O2/c1-4-18(26-19-13-17-11-12-23-22(17)24-14-19)9-10-21(16(3)25)20-8-6-5-7-15(20)2/h5-8,11-14,18,21H,4,9-10H2,1-3H3,(H,23,24). The van der Waals surface area contributed by atoms with Crippen LogP contribution in [0.4, 0.5) is 0 Å². The Balaban J connectivity index is 1.68. The first-order valence-electron chi connectivity index (χ1n) is 9.24. The number of carbonyl (C=O) groups is 1. The van der Waals surface area contributed by atoms with Crippen LogP contribution in [-0.4, -0.2) is 21.9 Å². The van der Waals surface area contributed by atoms with Crippen LogP contribution in [0.2, 0.25) is 0 Å². The number of ketones is 1. The number of aromatic amines is 1. The molecule has 0 aliphatic carbocycles. The number of carbonyl (C=O) groups excluding carboxylic acids is 1. The van der Waals surface area contributed by atoms with Gasteiger partial charge in [0.05, 0.1) is 12.3 Å². The summed E-state index contributed by atoms with van der Waals surface area (Å²) in [5, 5.41) is 1.04. The molecular formula is C22H26N2O2. The van der Waals surface area contributed by atoms with Gasteiger partial charge in [0.2, 0.25) is 0 Å². The van der Waals surface area contributed by atoms with Crippen molar-refractivity contribution in [3.05, 3.63) is 59.9 Å². The van der Waals surface area contributed by atoms with Crippen molar-refractivity contribution >= 4 is 16.8 Å². The first-order chi connectivity index (χ1) is 12.6. The van der Waals surface area contributed by atoms with Crippen molar-refractivity contribution in [2.24, 2.45) is 0 Å². The highest BCUT2D eigenvalue weighted by atomic mass is 16.5. The highest BCUT2D eigenvalue weighted by Crippen LogP contribution is 2.28. The zero-order chi connectivity index (χ0) is 18.5. The van der Waals surface area contributed by atoms with Crippen molar-refractivity contribution in [2.45, 2.75) is 52.1 Å². The molecule has 2 heterocycles. The molecule has 1 N–H and O–H groups in total. The number of nitrogens with zero attached hydrogens (tertiary/aromatic N) is 1. The van der Waals surface area contributed by atoms with Gasteiger partial charge in [-0.3, -0.25) is 4.79 Å². The molecule has 26 heavy (non-hydrogen) atoms. The number of rotatable bonds is 8. The van der Waals surface area contributed by atoms with Gasteiger partial charge in [0, 0.05) is 17.5 Å². The summed E-state index contributed by atoms with van der Waals surface area (Å²) in [7, 11) is 0. The van der Waals surface area contributed by atoms with Gasteiger partial charge in [-0.2, -0.15) is 0 Å². The lowest BCUT2D eigenvalue weighted by atomic mass is 9.87. The van der Waals surface area contributed by atoms with E-state index < -0.39 is 0 Å². The van der Waals surface area contributed by atoms with Gasteiger partial charge in [-0.05, 0) is 56.4 Å². The average Bonchev–Trinajstić information content (AvgIpc) is 3.09. The van der Waals surface area contributed by atoms with E-state index in [-0.39, 0.29) is 17.8 Å². The number of ether oxygens (including phenoxy) is 1. The summed E-state index contributed by atoms with van der Waals surface area (Å²) in [6.07, 6.45) is 6.21. The molecule has 0 saturated carbocycles. The number of Topliss-reactive ketones (excluding diaryl/α,β-unsaturated/α-hetero) is 1. The topological polar surface area (TPSA) is 55.0 Å². The molecule has 0 radical (unpaired) electrons. The van der Waals surface area contributed by atoms with Crippen LogP contribution in [0, 0.1) is 6.92 Å². The van der Waals surface area contributed by atoms with E-state index in [1.165, 1.54) is 5.56 Å². The summed E-state index contributed by atoms with van der Waals surface area (Å²) in [4.78, 5) is 19.7. The van der Waals surface area contributed by atoms with Crippen LogP contribution in [0.3, 0.4) is 0 Å². The summed E-state index contributed by atoms with van der Waals surface area (Å²) in [6, 6.07) is 12.1. The Morgan fingerprint density at radius 3 is 2.77 bits per heavy atom. The predicted molar refractivity (Wildman–Crippen MR) is 105 cm³/mol. The van der Waals surface area contributed by atoms with Crippen molar-refractivity contribution in [3.8, 4) is 5.75 Å². The van der Waals surface area contributed by atoms with E-state index in [2.05, 4.69) is 35.9 Å². The number of aromatic nitrogens is 2. The van der Waals surface area contributed by atoms with Crippen LogP contribution in [0.5, 0.6) is 5.75 Å². The Bertz CT molecular complexity index is 884. The first kappa shape index (κ1) is 18.2. The molecule has 0 fully saturated rings. The van der Waals surface area contributed by atoms with Gasteiger partial charge in [0.15, 0.2) is 0 Å². The quantitative estimate of drug-likeness (QED) is 0.609.